The second-order valence-corrected chi connectivity index (χ2v) is 9.20. The van der Waals surface area contributed by atoms with Crippen LogP contribution in [0.2, 0.25) is 5.02 Å². The van der Waals surface area contributed by atoms with E-state index in [-0.39, 0.29) is 17.3 Å². The number of amides is 2. The Morgan fingerprint density at radius 3 is 2.78 bits per heavy atom. The number of fused-ring (bicyclic) bond motifs is 1. The Kier molecular flexibility index (Phi) is 6.88. The van der Waals surface area contributed by atoms with Crippen molar-refractivity contribution < 1.29 is 14.3 Å². The summed E-state index contributed by atoms with van der Waals surface area (Å²) in [7, 11) is 0. The number of piperidine rings is 1. The SMILES string of the molecule is Cc1ccc(Cl)cc1NC(=O)c1nc[nH]c1C(=O)Nc1nc2ccc(OCC3CCNCC3)cc2[nH]1. The number of rotatable bonds is 7. The molecule has 1 aliphatic heterocycles. The number of H-pyrrole nitrogens is 2. The average molecular weight is 508 g/mol. The zero-order chi connectivity index (χ0) is 25.1. The van der Waals surface area contributed by atoms with Gasteiger partial charge >= 0.3 is 0 Å². The number of aryl methyl sites for hydroxylation is 1. The molecule has 0 aliphatic carbocycles. The fraction of sp³-hybridized carbons (Fsp3) is 0.280. The molecule has 2 aromatic heterocycles. The molecule has 0 saturated carbocycles. The average Bonchev–Trinajstić information content (AvgIpc) is 3.52. The third-order valence-corrected chi connectivity index (χ3v) is 6.39. The summed E-state index contributed by atoms with van der Waals surface area (Å²) in [4.78, 5) is 40.0. The molecule has 0 atom stereocenters. The van der Waals surface area contributed by atoms with Crippen molar-refractivity contribution in [3.63, 3.8) is 0 Å². The molecule has 5 N–H and O–H groups in total. The molecule has 10 nitrogen and oxygen atoms in total. The first kappa shape index (κ1) is 23.8. The normalized spacial score (nSPS) is 14.1. The summed E-state index contributed by atoms with van der Waals surface area (Å²) in [6.45, 7) is 4.56. The van der Waals surface area contributed by atoms with Crippen LogP contribution in [0.25, 0.3) is 11.0 Å². The molecule has 5 rings (SSSR count). The van der Waals surface area contributed by atoms with Gasteiger partial charge in [0.05, 0.1) is 24.0 Å². The van der Waals surface area contributed by atoms with Crippen LogP contribution in [0.15, 0.2) is 42.7 Å². The van der Waals surface area contributed by atoms with Crippen LogP contribution in [-0.2, 0) is 0 Å². The zero-order valence-corrected chi connectivity index (χ0v) is 20.4. The predicted octanol–water partition coefficient (Wildman–Crippen LogP) is 4.13. The lowest BCUT2D eigenvalue weighted by Crippen LogP contribution is -2.30. The van der Waals surface area contributed by atoms with Crippen LogP contribution in [0.3, 0.4) is 0 Å². The standard InChI is InChI=1S/C25H26ClN7O3/c1-14-2-3-16(26)10-19(14)30-23(34)21-22(29-13-28-21)24(35)33-25-31-18-5-4-17(11-20(18)32-25)36-12-15-6-8-27-9-7-15/h2-5,10-11,13,15,27H,6-9,12H2,1H3,(H,28,29)(H,30,34)(H2,31,32,33,35). The van der Waals surface area contributed by atoms with E-state index in [1.807, 2.05) is 25.1 Å². The molecule has 0 bridgehead atoms. The van der Waals surface area contributed by atoms with E-state index in [1.165, 1.54) is 6.33 Å². The number of imidazole rings is 2. The third-order valence-electron chi connectivity index (χ3n) is 6.16. The molecular formula is C25H26ClN7O3. The summed E-state index contributed by atoms with van der Waals surface area (Å²) < 4.78 is 5.98. The number of carbonyl (C=O) groups is 2. The summed E-state index contributed by atoms with van der Waals surface area (Å²) in [5, 5.41) is 9.28. The van der Waals surface area contributed by atoms with Crippen LogP contribution >= 0.6 is 11.6 Å². The van der Waals surface area contributed by atoms with Gasteiger partial charge in [-0.1, -0.05) is 17.7 Å². The summed E-state index contributed by atoms with van der Waals surface area (Å²) in [6, 6.07) is 10.7. The van der Waals surface area contributed by atoms with Crippen LogP contribution in [0, 0.1) is 12.8 Å². The van der Waals surface area contributed by atoms with E-state index in [9.17, 15) is 9.59 Å². The molecule has 0 radical (unpaired) electrons. The van der Waals surface area contributed by atoms with Gasteiger partial charge < -0.3 is 25.3 Å². The minimum Gasteiger partial charge on any atom is -0.493 e. The van der Waals surface area contributed by atoms with Crippen molar-refractivity contribution in [2.24, 2.45) is 5.92 Å². The Labute approximate surface area is 212 Å². The molecule has 1 aliphatic rings. The zero-order valence-electron chi connectivity index (χ0n) is 19.7. The molecule has 0 spiro atoms. The van der Waals surface area contributed by atoms with Crippen LogP contribution < -0.4 is 20.7 Å². The summed E-state index contributed by atoms with van der Waals surface area (Å²) in [5.74, 6) is 0.444. The third kappa shape index (κ3) is 5.34. The van der Waals surface area contributed by atoms with Crippen molar-refractivity contribution in [1.82, 2.24) is 25.3 Å². The number of hydrogen-bond donors (Lipinski definition) is 5. The van der Waals surface area contributed by atoms with Gasteiger partial charge in [-0.25, -0.2) is 9.97 Å². The van der Waals surface area contributed by atoms with Crippen LogP contribution in [0.4, 0.5) is 11.6 Å². The lowest BCUT2D eigenvalue weighted by Gasteiger charge is -2.22. The van der Waals surface area contributed by atoms with E-state index >= 15 is 0 Å². The Morgan fingerprint density at radius 1 is 1.11 bits per heavy atom. The Morgan fingerprint density at radius 2 is 1.94 bits per heavy atom. The van der Waals surface area contributed by atoms with Gasteiger partial charge in [-0.15, -0.1) is 0 Å². The number of benzene rings is 2. The van der Waals surface area contributed by atoms with Crippen molar-refractivity contribution in [3.8, 4) is 5.75 Å². The maximum absolute atomic E-state index is 12.9. The first-order valence-electron chi connectivity index (χ1n) is 11.7. The van der Waals surface area contributed by atoms with Crippen molar-refractivity contribution >= 4 is 46.1 Å². The first-order chi connectivity index (χ1) is 17.5. The van der Waals surface area contributed by atoms with Crippen LogP contribution in [-0.4, -0.2) is 51.4 Å². The van der Waals surface area contributed by atoms with E-state index in [0.29, 0.717) is 28.8 Å². The summed E-state index contributed by atoms with van der Waals surface area (Å²) >= 11 is 6.04. The minimum atomic E-state index is -0.554. The molecule has 2 aromatic carbocycles. The smallest absolute Gasteiger partial charge is 0.276 e. The van der Waals surface area contributed by atoms with E-state index in [2.05, 4.69) is 35.9 Å². The number of aromatic amines is 2. The van der Waals surface area contributed by atoms with E-state index in [1.54, 1.807) is 18.2 Å². The van der Waals surface area contributed by atoms with Gasteiger partial charge in [-0.2, -0.15) is 0 Å². The fourth-order valence-electron chi connectivity index (χ4n) is 4.12. The molecule has 36 heavy (non-hydrogen) atoms. The van der Waals surface area contributed by atoms with Crippen LogP contribution in [0.1, 0.15) is 39.4 Å². The number of carbonyl (C=O) groups excluding carboxylic acids is 2. The number of ether oxygens (including phenoxy) is 1. The van der Waals surface area contributed by atoms with Gasteiger partial charge in [0.1, 0.15) is 11.4 Å². The number of halogens is 1. The monoisotopic (exact) mass is 507 g/mol. The molecular weight excluding hydrogens is 482 g/mol. The van der Waals surface area contributed by atoms with E-state index in [4.69, 9.17) is 16.3 Å². The van der Waals surface area contributed by atoms with Crippen molar-refractivity contribution in [2.45, 2.75) is 19.8 Å². The highest BCUT2D eigenvalue weighted by atomic mass is 35.5. The Bertz CT molecular complexity index is 1410. The lowest BCUT2D eigenvalue weighted by atomic mass is 9.99. The van der Waals surface area contributed by atoms with Crippen LogP contribution in [0.5, 0.6) is 5.75 Å². The van der Waals surface area contributed by atoms with Gasteiger partial charge in [-0.05, 0) is 68.6 Å². The predicted molar refractivity (Wildman–Crippen MR) is 138 cm³/mol. The number of nitrogens with zero attached hydrogens (tertiary/aromatic N) is 2. The fourth-order valence-corrected chi connectivity index (χ4v) is 4.29. The maximum atomic E-state index is 12.9. The van der Waals surface area contributed by atoms with Crippen molar-refractivity contribution in [3.05, 3.63) is 64.7 Å². The number of hydrogen-bond acceptors (Lipinski definition) is 6. The quantitative estimate of drug-likeness (QED) is 0.255. The highest BCUT2D eigenvalue weighted by Gasteiger charge is 2.22. The highest BCUT2D eigenvalue weighted by molar-refractivity contribution is 6.31. The lowest BCUT2D eigenvalue weighted by molar-refractivity contribution is 0.0985. The second-order valence-electron chi connectivity index (χ2n) is 8.76. The largest absolute Gasteiger partial charge is 0.493 e. The van der Waals surface area contributed by atoms with Crippen molar-refractivity contribution in [1.29, 1.82) is 0 Å². The number of anilines is 2. The maximum Gasteiger partial charge on any atom is 0.276 e. The van der Waals surface area contributed by atoms with Crippen molar-refractivity contribution in [2.75, 3.05) is 30.3 Å². The molecule has 1 saturated heterocycles. The van der Waals surface area contributed by atoms with Gasteiger partial charge in [0, 0.05) is 16.8 Å². The molecule has 11 heteroatoms. The Hall–Kier alpha value is -3.89. The highest BCUT2D eigenvalue weighted by Crippen LogP contribution is 2.24. The number of nitrogens with one attached hydrogen (secondary N) is 5. The topological polar surface area (TPSA) is 137 Å². The van der Waals surface area contributed by atoms with E-state index in [0.717, 1.165) is 42.8 Å². The van der Waals surface area contributed by atoms with Gasteiger partial charge in [0.25, 0.3) is 11.8 Å². The summed E-state index contributed by atoms with van der Waals surface area (Å²) in [5.41, 5.74) is 2.74. The molecule has 3 heterocycles. The van der Waals surface area contributed by atoms with Gasteiger partial charge in [0.2, 0.25) is 5.95 Å². The molecule has 186 valence electrons. The minimum absolute atomic E-state index is 0.0126. The number of aromatic nitrogens is 4. The Balaban J connectivity index is 1.26. The molecule has 4 aromatic rings. The van der Waals surface area contributed by atoms with Gasteiger partial charge in [0.15, 0.2) is 5.69 Å². The van der Waals surface area contributed by atoms with Gasteiger partial charge in [-0.3, -0.25) is 14.9 Å². The van der Waals surface area contributed by atoms with E-state index < -0.39 is 11.8 Å². The molecule has 1 fully saturated rings. The molecule has 0 unspecified atom stereocenters. The molecule has 2 amide bonds. The summed E-state index contributed by atoms with van der Waals surface area (Å²) in [6.07, 6.45) is 3.50. The first-order valence-corrected chi connectivity index (χ1v) is 12.1. The second kappa shape index (κ2) is 10.4.